The zero-order valence-corrected chi connectivity index (χ0v) is 17.0. The summed E-state index contributed by atoms with van der Waals surface area (Å²) in [6.07, 6.45) is 2.22. The average Bonchev–Trinajstić information content (AvgIpc) is 3.35. The summed E-state index contributed by atoms with van der Waals surface area (Å²) in [5.41, 5.74) is 3.39. The smallest absolute Gasteiger partial charge is 0.245 e. The molecule has 8 heteroatoms. The molecule has 2 heterocycles. The highest BCUT2D eigenvalue weighted by atomic mass is 19.1. The first-order chi connectivity index (χ1) is 14.6. The number of halogens is 1. The predicted molar refractivity (Wildman–Crippen MR) is 112 cm³/mol. The fourth-order valence-corrected chi connectivity index (χ4v) is 3.94. The van der Waals surface area contributed by atoms with Crippen LogP contribution < -0.4 is 10.2 Å². The molecular weight excluding hydrogens is 383 g/mol. The fourth-order valence-electron chi connectivity index (χ4n) is 3.94. The minimum atomic E-state index is -0.630. The van der Waals surface area contributed by atoms with Crippen molar-refractivity contribution in [3.63, 3.8) is 0 Å². The third kappa shape index (κ3) is 4.48. The Morgan fingerprint density at radius 3 is 2.90 bits per heavy atom. The van der Waals surface area contributed by atoms with Gasteiger partial charge in [-0.25, -0.2) is 9.07 Å². The predicted octanol–water partition coefficient (Wildman–Crippen LogP) is 2.47. The number of tetrazole rings is 1. The average molecular weight is 408 g/mol. The van der Waals surface area contributed by atoms with E-state index in [1.54, 1.807) is 19.1 Å². The number of amides is 1. The zero-order chi connectivity index (χ0) is 20.9. The monoisotopic (exact) mass is 408 g/mol. The lowest BCUT2D eigenvalue weighted by Crippen LogP contribution is -2.36. The summed E-state index contributed by atoms with van der Waals surface area (Å²) in [5, 5.41) is 14.5. The number of carbonyl (C=O) groups excluding carboxylic acids is 1. The van der Waals surface area contributed by atoms with Gasteiger partial charge in [-0.1, -0.05) is 30.3 Å². The molecule has 30 heavy (non-hydrogen) atoms. The second kappa shape index (κ2) is 9.02. The van der Waals surface area contributed by atoms with Crippen molar-refractivity contribution < 1.29 is 9.18 Å². The lowest BCUT2D eigenvalue weighted by molar-refractivity contribution is -0.124. The zero-order valence-electron chi connectivity index (χ0n) is 17.0. The quantitative estimate of drug-likeness (QED) is 0.580. The first-order valence-corrected chi connectivity index (χ1v) is 10.2. The van der Waals surface area contributed by atoms with E-state index < -0.39 is 6.04 Å². The first kappa shape index (κ1) is 20.0. The van der Waals surface area contributed by atoms with Gasteiger partial charge in [-0.3, -0.25) is 4.79 Å². The molecule has 0 bridgehead atoms. The second-order valence-corrected chi connectivity index (χ2v) is 7.53. The number of carbonyl (C=O) groups is 1. The van der Waals surface area contributed by atoms with Crippen LogP contribution in [0.4, 0.5) is 10.1 Å². The van der Waals surface area contributed by atoms with Crippen molar-refractivity contribution >= 4 is 11.6 Å². The van der Waals surface area contributed by atoms with Crippen LogP contribution in [0.15, 0.2) is 48.5 Å². The van der Waals surface area contributed by atoms with Gasteiger partial charge in [-0.2, -0.15) is 0 Å². The molecule has 1 aliphatic rings. The van der Waals surface area contributed by atoms with Crippen LogP contribution in [-0.4, -0.2) is 45.7 Å². The van der Waals surface area contributed by atoms with Crippen molar-refractivity contribution in [2.75, 3.05) is 24.5 Å². The summed E-state index contributed by atoms with van der Waals surface area (Å²) in [4.78, 5) is 15.3. The van der Waals surface area contributed by atoms with E-state index in [1.165, 1.54) is 28.1 Å². The minimum absolute atomic E-state index is 0.170. The van der Waals surface area contributed by atoms with Crippen LogP contribution in [0.25, 0.3) is 0 Å². The molecule has 156 valence electrons. The van der Waals surface area contributed by atoms with Gasteiger partial charge in [0.1, 0.15) is 17.7 Å². The Hall–Kier alpha value is -3.29. The lowest BCUT2D eigenvalue weighted by Gasteiger charge is -2.20. The molecule has 1 aromatic heterocycles. The van der Waals surface area contributed by atoms with E-state index >= 15 is 0 Å². The maximum absolute atomic E-state index is 13.6. The van der Waals surface area contributed by atoms with E-state index in [9.17, 15) is 9.18 Å². The molecule has 0 fully saturated rings. The summed E-state index contributed by atoms with van der Waals surface area (Å²) in [6.45, 7) is 4.20. The van der Waals surface area contributed by atoms with Crippen molar-refractivity contribution in [2.45, 2.75) is 32.2 Å². The van der Waals surface area contributed by atoms with E-state index in [0.29, 0.717) is 18.8 Å². The van der Waals surface area contributed by atoms with Gasteiger partial charge < -0.3 is 10.2 Å². The maximum atomic E-state index is 13.6. The second-order valence-electron chi connectivity index (χ2n) is 7.53. The van der Waals surface area contributed by atoms with Gasteiger partial charge in [-0.15, -0.1) is 5.10 Å². The normalized spacial score (nSPS) is 13.9. The molecule has 4 rings (SSSR count). The summed E-state index contributed by atoms with van der Waals surface area (Å²) in [6, 6.07) is 14.1. The summed E-state index contributed by atoms with van der Waals surface area (Å²) in [7, 11) is 0. The first-order valence-electron chi connectivity index (χ1n) is 10.2. The van der Waals surface area contributed by atoms with Crippen LogP contribution in [0.2, 0.25) is 0 Å². The Morgan fingerprint density at radius 1 is 1.23 bits per heavy atom. The highest BCUT2D eigenvalue weighted by Gasteiger charge is 2.24. The van der Waals surface area contributed by atoms with Gasteiger partial charge >= 0.3 is 0 Å². The van der Waals surface area contributed by atoms with Crippen LogP contribution in [-0.2, 0) is 17.6 Å². The molecule has 1 atom stereocenters. The van der Waals surface area contributed by atoms with Crippen molar-refractivity contribution in [2.24, 2.45) is 0 Å². The van der Waals surface area contributed by atoms with E-state index in [2.05, 4.69) is 50.0 Å². The molecule has 1 aliphatic heterocycles. The number of hydrogen-bond donors (Lipinski definition) is 1. The third-order valence-electron chi connectivity index (χ3n) is 5.46. The highest BCUT2D eigenvalue weighted by Crippen LogP contribution is 2.27. The number of rotatable bonds is 8. The third-order valence-corrected chi connectivity index (χ3v) is 5.46. The SMILES string of the molecule is Cc1nnnn1[C@@H](Cc1cccc(F)c1)C(=O)NCCCN1CCc2ccccc21. The molecule has 7 nitrogen and oxygen atoms in total. The van der Waals surface area contributed by atoms with Crippen molar-refractivity contribution in [1.82, 2.24) is 25.5 Å². The lowest BCUT2D eigenvalue weighted by atomic mass is 10.0. The topological polar surface area (TPSA) is 75.9 Å². The van der Waals surface area contributed by atoms with Crippen LogP contribution in [0.5, 0.6) is 0 Å². The van der Waals surface area contributed by atoms with Crippen molar-refractivity contribution in [3.05, 3.63) is 71.3 Å². The van der Waals surface area contributed by atoms with Crippen LogP contribution in [0.1, 0.15) is 29.4 Å². The standard InChI is InChI=1S/C22H25FN6O/c1-16-25-26-27-29(16)21(15-17-6-4-8-19(23)14-17)22(30)24-11-5-12-28-13-10-18-7-2-3-9-20(18)28/h2-4,6-9,14,21H,5,10-13,15H2,1H3,(H,24,30)/t21-/m0/s1. The number of para-hydroxylation sites is 1. The van der Waals surface area contributed by atoms with Gasteiger partial charge in [0.05, 0.1) is 0 Å². The number of fused-ring (bicyclic) bond motifs is 1. The van der Waals surface area contributed by atoms with Gasteiger partial charge in [-0.05, 0) is 59.5 Å². The highest BCUT2D eigenvalue weighted by molar-refractivity contribution is 5.80. The van der Waals surface area contributed by atoms with E-state index in [0.717, 1.165) is 31.5 Å². The Morgan fingerprint density at radius 2 is 2.10 bits per heavy atom. The molecular formula is C22H25FN6O. The molecule has 0 aliphatic carbocycles. The molecule has 1 N–H and O–H groups in total. The molecule has 0 saturated heterocycles. The molecule has 0 radical (unpaired) electrons. The fraction of sp³-hybridized carbons (Fsp3) is 0.364. The molecule has 0 spiro atoms. The summed E-state index contributed by atoms with van der Waals surface area (Å²) >= 11 is 0. The van der Waals surface area contributed by atoms with Gasteiger partial charge in [0.25, 0.3) is 0 Å². The van der Waals surface area contributed by atoms with Gasteiger partial charge in [0.15, 0.2) is 0 Å². The molecule has 0 saturated carbocycles. The Balaban J connectivity index is 1.36. The molecule has 0 unspecified atom stereocenters. The molecule has 3 aromatic rings. The summed E-state index contributed by atoms with van der Waals surface area (Å²) in [5.74, 6) is 0.0442. The van der Waals surface area contributed by atoms with Crippen LogP contribution in [0, 0.1) is 12.7 Å². The number of aromatic nitrogens is 4. The Labute approximate surface area is 174 Å². The van der Waals surface area contributed by atoms with Crippen LogP contribution >= 0.6 is 0 Å². The van der Waals surface area contributed by atoms with Crippen LogP contribution in [0.3, 0.4) is 0 Å². The number of hydrogen-bond acceptors (Lipinski definition) is 5. The Kier molecular flexibility index (Phi) is 6.02. The van der Waals surface area contributed by atoms with Gasteiger partial charge in [0.2, 0.25) is 5.91 Å². The number of aryl methyl sites for hydroxylation is 1. The van der Waals surface area contributed by atoms with E-state index in [-0.39, 0.29) is 11.7 Å². The Bertz CT molecular complexity index is 1020. The van der Waals surface area contributed by atoms with Crippen molar-refractivity contribution in [1.29, 1.82) is 0 Å². The number of anilines is 1. The summed E-state index contributed by atoms with van der Waals surface area (Å²) < 4.78 is 15.1. The largest absolute Gasteiger partial charge is 0.371 e. The number of nitrogens with one attached hydrogen (secondary N) is 1. The molecule has 1 amide bonds. The molecule has 2 aromatic carbocycles. The minimum Gasteiger partial charge on any atom is -0.371 e. The number of nitrogens with zero attached hydrogens (tertiary/aromatic N) is 5. The van der Waals surface area contributed by atoms with E-state index in [1.807, 2.05) is 0 Å². The van der Waals surface area contributed by atoms with E-state index in [4.69, 9.17) is 0 Å². The van der Waals surface area contributed by atoms with Gasteiger partial charge in [0, 0.05) is 31.7 Å². The maximum Gasteiger partial charge on any atom is 0.245 e. The number of benzene rings is 2. The van der Waals surface area contributed by atoms with Crippen molar-refractivity contribution in [3.8, 4) is 0 Å².